The lowest BCUT2D eigenvalue weighted by Gasteiger charge is -2.40. The first-order valence-corrected chi connectivity index (χ1v) is 11.7. The van der Waals surface area contributed by atoms with Gasteiger partial charge in [0.15, 0.2) is 6.10 Å². The molecule has 1 saturated heterocycles. The van der Waals surface area contributed by atoms with Crippen molar-refractivity contribution in [1.82, 2.24) is 0 Å². The van der Waals surface area contributed by atoms with E-state index >= 15 is 0 Å². The Morgan fingerprint density at radius 3 is 2.10 bits per heavy atom. The maximum atomic E-state index is 12.6. The van der Waals surface area contributed by atoms with Crippen molar-refractivity contribution in [3.05, 3.63) is 11.8 Å². The Kier molecular flexibility index (Phi) is 8.59. The van der Waals surface area contributed by atoms with Crippen molar-refractivity contribution in [3.8, 4) is 0 Å². The maximum absolute atomic E-state index is 12.6. The summed E-state index contributed by atoms with van der Waals surface area (Å²) in [5.74, 6) is -1.84. The second-order valence-corrected chi connectivity index (χ2v) is 9.18. The highest BCUT2D eigenvalue weighted by atomic mass is 16.6. The summed E-state index contributed by atoms with van der Waals surface area (Å²) in [4.78, 5) is 25.1. The highest BCUT2D eigenvalue weighted by molar-refractivity contribution is 5.86. The van der Waals surface area contributed by atoms with E-state index in [1.807, 2.05) is 0 Å². The second kappa shape index (κ2) is 10.5. The van der Waals surface area contributed by atoms with Gasteiger partial charge in [-0.2, -0.15) is 0 Å². The molecule has 1 aliphatic carbocycles. The molecule has 6 unspecified atom stereocenters. The van der Waals surface area contributed by atoms with Gasteiger partial charge in [-0.3, -0.25) is 9.59 Å². The zero-order chi connectivity index (χ0) is 21.6. The molecule has 0 aromatic heterocycles. The topological polar surface area (TPSA) is 87.1 Å². The smallest absolute Gasteiger partial charge is 0.314 e. The van der Waals surface area contributed by atoms with E-state index in [9.17, 15) is 19.8 Å². The van der Waals surface area contributed by atoms with Crippen LogP contribution in [0.3, 0.4) is 0 Å². The molecule has 2 rings (SSSR count). The summed E-state index contributed by atoms with van der Waals surface area (Å²) in [5, 5.41) is 20.5. The lowest BCUT2D eigenvalue weighted by Crippen LogP contribution is -2.49. The molecular formula is C24H40O5. The normalized spacial score (nSPS) is 29.9. The molecule has 0 amide bonds. The standard InChI is InChI=1S/C24H40O5/c1-5-9-11-16(7-3)13-18-20(22(25)26)24(23(27)28,15-19-21(18)29-19)14-17(8-4)12-10-6-2/h15-18,20-21H,5-14H2,1-4H3,(H,25,26)(H,27,28). The number of rotatable bonds is 14. The van der Waals surface area contributed by atoms with Gasteiger partial charge in [-0.25, -0.2) is 0 Å². The van der Waals surface area contributed by atoms with Crippen LogP contribution < -0.4 is 0 Å². The van der Waals surface area contributed by atoms with Crippen LogP contribution in [0.4, 0.5) is 0 Å². The molecule has 2 aliphatic rings. The molecule has 1 heterocycles. The van der Waals surface area contributed by atoms with Gasteiger partial charge in [-0.15, -0.1) is 0 Å². The third-order valence-corrected chi connectivity index (χ3v) is 7.24. The molecule has 0 radical (unpaired) electrons. The van der Waals surface area contributed by atoms with Crippen LogP contribution in [0.1, 0.15) is 91.9 Å². The van der Waals surface area contributed by atoms with Crippen LogP contribution in [0.2, 0.25) is 0 Å². The van der Waals surface area contributed by atoms with Gasteiger partial charge < -0.3 is 14.9 Å². The van der Waals surface area contributed by atoms with Crippen LogP contribution in [-0.4, -0.2) is 28.3 Å². The van der Waals surface area contributed by atoms with E-state index in [-0.39, 0.29) is 17.9 Å². The van der Waals surface area contributed by atoms with E-state index in [0.29, 0.717) is 18.1 Å². The molecule has 0 aromatic carbocycles. The monoisotopic (exact) mass is 408 g/mol. The molecule has 0 aromatic rings. The lowest BCUT2D eigenvalue weighted by molar-refractivity contribution is -0.164. The van der Waals surface area contributed by atoms with Crippen LogP contribution >= 0.6 is 0 Å². The van der Waals surface area contributed by atoms with Crippen molar-refractivity contribution in [2.75, 3.05) is 0 Å². The van der Waals surface area contributed by atoms with Gasteiger partial charge >= 0.3 is 11.9 Å². The first kappa shape index (κ1) is 23.8. The van der Waals surface area contributed by atoms with E-state index in [1.165, 1.54) is 0 Å². The molecule has 0 bridgehead atoms. The average molecular weight is 409 g/mol. The van der Waals surface area contributed by atoms with Crippen LogP contribution in [0.25, 0.3) is 0 Å². The molecule has 0 spiro atoms. The van der Waals surface area contributed by atoms with Gasteiger partial charge in [0.25, 0.3) is 0 Å². The number of epoxide rings is 1. The SMILES string of the molecule is CCCCC(CC)CC1C2OC2=CC(CC(CC)CCCC)(C(=O)O)C1C(=O)O. The number of aliphatic carboxylic acids is 2. The zero-order valence-electron chi connectivity index (χ0n) is 18.7. The minimum atomic E-state index is -1.36. The summed E-state index contributed by atoms with van der Waals surface area (Å²) >= 11 is 0. The molecule has 5 heteroatoms. The number of fused-ring (bicyclic) bond motifs is 1. The first-order valence-electron chi connectivity index (χ1n) is 11.7. The van der Waals surface area contributed by atoms with E-state index in [0.717, 1.165) is 57.8 Å². The van der Waals surface area contributed by atoms with Crippen LogP contribution in [0.5, 0.6) is 0 Å². The summed E-state index contributed by atoms with van der Waals surface area (Å²) in [6.45, 7) is 8.51. The average Bonchev–Trinajstić information content (AvgIpc) is 3.46. The number of unbranched alkanes of at least 4 members (excludes halogenated alkanes) is 2. The Labute approximate surface area is 175 Å². The van der Waals surface area contributed by atoms with Gasteiger partial charge in [0.05, 0.1) is 5.92 Å². The maximum Gasteiger partial charge on any atom is 0.314 e. The van der Waals surface area contributed by atoms with Gasteiger partial charge in [0, 0.05) is 5.92 Å². The fraction of sp³-hybridized carbons (Fsp3) is 0.833. The van der Waals surface area contributed by atoms with E-state index in [1.54, 1.807) is 6.08 Å². The Balaban J connectivity index is 2.35. The Bertz CT molecular complexity index is 598. The van der Waals surface area contributed by atoms with Gasteiger partial charge in [-0.1, -0.05) is 79.1 Å². The predicted molar refractivity (Wildman–Crippen MR) is 113 cm³/mol. The summed E-state index contributed by atoms with van der Waals surface area (Å²) in [5.41, 5.74) is -1.36. The Morgan fingerprint density at radius 2 is 1.62 bits per heavy atom. The molecular weight excluding hydrogens is 368 g/mol. The quantitative estimate of drug-likeness (QED) is 0.350. The Morgan fingerprint density at radius 1 is 1.03 bits per heavy atom. The number of hydrogen-bond acceptors (Lipinski definition) is 3. The molecule has 5 nitrogen and oxygen atoms in total. The van der Waals surface area contributed by atoms with Gasteiger partial charge in [-0.05, 0) is 30.8 Å². The minimum absolute atomic E-state index is 0.199. The molecule has 29 heavy (non-hydrogen) atoms. The lowest BCUT2D eigenvalue weighted by atomic mass is 9.59. The van der Waals surface area contributed by atoms with Crippen LogP contribution in [0.15, 0.2) is 11.8 Å². The minimum Gasteiger partial charge on any atom is -0.483 e. The van der Waals surface area contributed by atoms with Crippen LogP contribution in [-0.2, 0) is 14.3 Å². The van der Waals surface area contributed by atoms with Crippen molar-refractivity contribution in [2.45, 2.75) is 98.0 Å². The van der Waals surface area contributed by atoms with Gasteiger partial charge in [0.2, 0.25) is 0 Å². The molecule has 1 aliphatic heterocycles. The number of hydrogen-bond donors (Lipinski definition) is 2. The summed E-state index contributed by atoms with van der Waals surface area (Å²) in [7, 11) is 0. The largest absolute Gasteiger partial charge is 0.483 e. The van der Waals surface area contributed by atoms with Gasteiger partial charge in [0.1, 0.15) is 11.2 Å². The number of carbonyl (C=O) groups is 2. The molecule has 6 atom stereocenters. The van der Waals surface area contributed by atoms with Crippen molar-refractivity contribution in [1.29, 1.82) is 0 Å². The Hall–Kier alpha value is -1.52. The number of carboxylic acids is 2. The first-order chi connectivity index (χ1) is 13.8. The fourth-order valence-electron chi connectivity index (χ4n) is 5.35. The molecule has 1 fully saturated rings. The summed E-state index contributed by atoms with van der Waals surface area (Å²) in [6.07, 6.45) is 10.8. The second-order valence-electron chi connectivity index (χ2n) is 9.18. The molecule has 0 saturated carbocycles. The zero-order valence-corrected chi connectivity index (χ0v) is 18.7. The predicted octanol–water partition coefficient (Wildman–Crippen LogP) is 5.88. The number of carboxylic acid groups (broad SMARTS) is 2. The number of ether oxygens (including phenoxy) is 1. The summed E-state index contributed by atoms with van der Waals surface area (Å²) in [6, 6.07) is 0. The van der Waals surface area contributed by atoms with Crippen LogP contribution in [0, 0.1) is 29.1 Å². The molecule has 2 N–H and O–H groups in total. The van der Waals surface area contributed by atoms with Crippen molar-refractivity contribution in [2.24, 2.45) is 29.1 Å². The third kappa shape index (κ3) is 5.35. The molecule has 166 valence electrons. The van der Waals surface area contributed by atoms with E-state index in [4.69, 9.17) is 4.74 Å². The van der Waals surface area contributed by atoms with Crippen molar-refractivity contribution >= 4 is 11.9 Å². The van der Waals surface area contributed by atoms with Crippen molar-refractivity contribution < 1.29 is 24.5 Å². The third-order valence-electron chi connectivity index (χ3n) is 7.24. The highest BCUT2D eigenvalue weighted by Crippen LogP contribution is 2.56. The van der Waals surface area contributed by atoms with E-state index in [2.05, 4.69) is 27.7 Å². The van der Waals surface area contributed by atoms with E-state index < -0.39 is 23.3 Å². The van der Waals surface area contributed by atoms with Crippen molar-refractivity contribution in [3.63, 3.8) is 0 Å². The highest BCUT2D eigenvalue weighted by Gasteiger charge is 2.63. The fourth-order valence-corrected chi connectivity index (χ4v) is 5.35. The summed E-state index contributed by atoms with van der Waals surface area (Å²) < 4.78 is 5.76.